The number of benzene rings is 1. The van der Waals surface area contributed by atoms with Gasteiger partial charge in [0.2, 0.25) is 0 Å². The average Bonchev–Trinajstić information content (AvgIpc) is 2.67. The van der Waals surface area contributed by atoms with Crippen LogP contribution in [0.2, 0.25) is 0 Å². The number of unbranched alkanes of at least 4 members (excludes halogenated alkanes) is 1. The van der Waals surface area contributed by atoms with Crippen LogP contribution in [-0.4, -0.2) is 5.97 Å². The van der Waals surface area contributed by atoms with E-state index in [0.29, 0.717) is 12.0 Å². The summed E-state index contributed by atoms with van der Waals surface area (Å²) in [7, 11) is 0. The summed E-state index contributed by atoms with van der Waals surface area (Å²) in [6.45, 7) is 2.03. The predicted molar refractivity (Wildman–Crippen MR) is 69.1 cm³/mol. The second-order valence-electron chi connectivity index (χ2n) is 3.83. The molecule has 2 aromatic rings. The van der Waals surface area contributed by atoms with Crippen molar-refractivity contribution in [2.45, 2.75) is 26.2 Å². The first-order chi connectivity index (χ1) is 8.19. The van der Waals surface area contributed by atoms with E-state index in [-0.39, 0.29) is 11.9 Å². The summed E-state index contributed by atoms with van der Waals surface area (Å²) in [6, 6.07) is 7.36. The fraction of sp³-hybridized carbons (Fsp3) is 0.308. The second kappa shape index (κ2) is 5.36. The summed E-state index contributed by atoms with van der Waals surface area (Å²) in [5, 5.41) is 0.915. The van der Waals surface area contributed by atoms with Crippen LogP contribution in [0, 0.1) is 0 Å². The maximum absolute atomic E-state index is 11.4. The predicted octanol–water partition coefficient (Wildman–Crippen LogP) is 4.29. The lowest BCUT2D eigenvalue weighted by atomic mass is 10.2. The summed E-state index contributed by atoms with van der Waals surface area (Å²) in [6.07, 6.45) is 2.24. The molecule has 90 valence electrons. The van der Waals surface area contributed by atoms with Crippen molar-refractivity contribution in [3.63, 3.8) is 0 Å². The Kier molecular flexibility index (Phi) is 3.84. The Morgan fingerprint density at radius 2 is 2.24 bits per heavy atom. The minimum absolute atomic E-state index is 0.245. The highest BCUT2D eigenvalue weighted by Gasteiger charge is 2.09. The number of carbonyl (C=O) groups excluding carboxylic acids is 1. The number of fused-ring (bicyclic) bond motifs is 1. The smallest absolute Gasteiger partial charge is 0.313 e. The van der Waals surface area contributed by atoms with Crippen molar-refractivity contribution in [2.24, 2.45) is 0 Å². The molecule has 0 N–H and O–H groups in total. The Morgan fingerprint density at radius 3 is 3.00 bits per heavy atom. The van der Waals surface area contributed by atoms with Crippen molar-refractivity contribution >= 4 is 32.9 Å². The highest BCUT2D eigenvalue weighted by molar-refractivity contribution is 9.10. The van der Waals surface area contributed by atoms with Gasteiger partial charge >= 0.3 is 5.97 Å². The van der Waals surface area contributed by atoms with Crippen molar-refractivity contribution in [1.29, 1.82) is 0 Å². The second-order valence-corrected chi connectivity index (χ2v) is 4.74. The van der Waals surface area contributed by atoms with Crippen LogP contribution in [0.15, 0.2) is 33.2 Å². The molecule has 1 aromatic carbocycles. The molecule has 1 aromatic heterocycles. The SMILES string of the molecule is CCCCC(=O)Oc1cc2cc(Br)ccc2o1. The number of carbonyl (C=O) groups is 1. The number of halogens is 1. The topological polar surface area (TPSA) is 39.4 Å². The van der Waals surface area contributed by atoms with Crippen LogP contribution >= 0.6 is 15.9 Å². The molecular formula is C13H13BrO3. The molecule has 0 aliphatic carbocycles. The van der Waals surface area contributed by atoms with Crippen molar-refractivity contribution in [1.82, 2.24) is 0 Å². The molecule has 0 spiro atoms. The molecule has 0 saturated carbocycles. The first-order valence-electron chi connectivity index (χ1n) is 5.59. The van der Waals surface area contributed by atoms with E-state index >= 15 is 0 Å². The van der Waals surface area contributed by atoms with E-state index in [4.69, 9.17) is 9.15 Å². The Balaban J connectivity index is 2.11. The first-order valence-corrected chi connectivity index (χ1v) is 6.38. The van der Waals surface area contributed by atoms with E-state index in [0.717, 1.165) is 22.7 Å². The summed E-state index contributed by atoms with van der Waals surface area (Å²) in [5.41, 5.74) is 0.714. The fourth-order valence-corrected chi connectivity index (χ4v) is 1.90. The maximum Gasteiger partial charge on any atom is 0.313 e. The molecule has 0 fully saturated rings. The largest absolute Gasteiger partial charge is 0.425 e. The number of rotatable bonds is 4. The molecule has 0 radical (unpaired) electrons. The molecule has 0 saturated heterocycles. The molecule has 0 aliphatic rings. The van der Waals surface area contributed by atoms with Crippen molar-refractivity contribution in [2.75, 3.05) is 0 Å². The lowest BCUT2D eigenvalue weighted by Gasteiger charge is -1.98. The molecule has 0 amide bonds. The molecule has 0 unspecified atom stereocenters. The van der Waals surface area contributed by atoms with Gasteiger partial charge in [0, 0.05) is 22.3 Å². The van der Waals surface area contributed by atoms with Crippen molar-refractivity contribution in [3.8, 4) is 5.95 Å². The van der Waals surface area contributed by atoms with E-state index in [1.54, 1.807) is 6.07 Å². The third-order valence-electron chi connectivity index (χ3n) is 2.40. The van der Waals surface area contributed by atoms with Gasteiger partial charge in [-0.3, -0.25) is 4.79 Å². The molecule has 17 heavy (non-hydrogen) atoms. The molecule has 0 bridgehead atoms. The number of hydrogen-bond acceptors (Lipinski definition) is 3. The Morgan fingerprint density at radius 1 is 1.41 bits per heavy atom. The third-order valence-corrected chi connectivity index (χ3v) is 2.90. The van der Waals surface area contributed by atoms with Gasteiger partial charge in [0.1, 0.15) is 5.58 Å². The Labute approximate surface area is 108 Å². The van der Waals surface area contributed by atoms with Gasteiger partial charge < -0.3 is 9.15 Å². The lowest BCUT2D eigenvalue weighted by molar-refractivity contribution is -0.135. The van der Waals surface area contributed by atoms with Crippen LogP contribution in [0.4, 0.5) is 0 Å². The van der Waals surface area contributed by atoms with Gasteiger partial charge in [0.15, 0.2) is 0 Å². The lowest BCUT2D eigenvalue weighted by Crippen LogP contribution is -2.06. The summed E-state index contributed by atoms with van der Waals surface area (Å²) < 4.78 is 11.5. The Bertz CT molecular complexity index is 530. The number of furan rings is 1. The van der Waals surface area contributed by atoms with Crippen LogP contribution in [0.5, 0.6) is 5.95 Å². The van der Waals surface area contributed by atoms with E-state index in [9.17, 15) is 4.79 Å². The normalized spacial score (nSPS) is 10.7. The molecule has 2 rings (SSSR count). The third kappa shape index (κ3) is 3.09. The van der Waals surface area contributed by atoms with Gasteiger partial charge in [-0.1, -0.05) is 29.3 Å². The Hall–Kier alpha value is -1.29. The average molecular weight is 297 g/mol. The van der Waals surface area contributed by atoms with E-state index < -0.39 is 0 Å². The minimum atomic E-state index is -0.245. The van der Waals surface area contributed by atoms with Crippen molar-refractivity contribution < 1.29 is 13.9 Å². The van der Waals surface area contributed by atoms with E-state index in [1.165, 1.54) is 0 Å². The molecule has 3 nitrogen and oxygen atoms in total. The quantitative estimate of drug-likeness (QED) is 0.790. The van der Waals surface area contributed by atoms with Gasteiger partial charge in [-0.05, 0) is 24.6 Å². The highest BCUT2D eigenvalue weighted by Crippen LogP contribution is 2.27. The highest BCUT2D eigenvalue weighted by atomic mass is 79.9. The zero-order valence-electron chi connectivity index (χ0n) is 9.53. The number of hydrogen-bond donors (Lipinski definition) is 0. The van der Waals surface area contributed by atoms with Gasteiger partial charge in [-0.2, -0.15) is 0 Å². The van der Waals surface area contributed by atoms with Crippen LogP contribution in [0.3, 0.4) is 0 Å². The molecule has 0 atom stereocenters. The maximum atomic E-state index is 11.4. The van der Waals surface area contributed by atoms with Gasteiger partial charge in [0.05, 0.1) is 0 Å². The zero-order valence-corrected chi connectivity index (χ0v) is 11.1. The molecule has 1 heterocycles. The van der Waals surface area contributed by atoms with Gasteiger partial charge in [-0.15, -0.1) is 0 Å². The minimum Gasteiger partial charge on any atom is -0.425 e. The zero-order chi connectivity index (χ0) is 12.3. The summed E-state index contributed by atoms with van der Waals surface area (Å²) >= 11 is 3.38. The first kappa shape index (κ1) is 12.2. The van der Waals surface area contributed by atoms with Crippen LogP contribution in [0.25, 0.3) is 11.0 Å². The fourth-order valence-electron chi connectivity index (χ4n) is 1.52. The number of esters is 1. The number of ether oxygens (including phenoxy) is 1. The van der Waals surface area contributed by atoms with Crippen LogP contribution in [-0.2, 0) is 4.79 Å². The van der Waals surface area contributed by atoms with E-state index in [2.05, 4.69) is 15.9 Å². The molecule has 0 aliphatic heterocycles. The van der Waals surface area contributed by atoms with Gasteiger partial charge in [-0.25, -0.2) is 0 Å². The van der Waals surface area contributed by atoms with Crippen LogP contribution < -0.4 is 4.74 Å². The summed E-state index contributed by atoms with van der Waals surface area (Å²) in [4.78, 5) is 11.4. The standard InChI is InChI=1S/C13H13BrO3/c1-2-3-4-12(15)17-13-8-9-7-10(14)5-6-11(9)16-13/h5-8H,2-4H2,1H3. The van der Waals surface area contributed by atoms with Crippen molar-refractivity contribution in [3.05, 3.63) is 28.7 Å². The molecule has 4 heteroatoms. The summed E-state index contributed by atoms with van der Waals surface area (Å²) in [5.74, 6) is 0.0178. The van der Waals surface area contributed by atoms with Crippen LogP contribution in [0.1, 0.15) is 26.2 Å². The monoisotopic (exact) mass is 296 g/mol. The van der Waals surface area contributed by atoms with E-state index in [1.807, 2.05) is 25.1 Å². The van der Waals surface area contributed by atoms with Gasteiger partial charge in [0.25, 0.3) is 5.95 Å². The molecular weight excluding hydrogens is 284 g/mol.